The molecule has 10 nitrogen and oxygen atoms in total. The molecule has 44 heavy (non-hydrogen) atoms. The van der Waals surface area contributed by atoms with Crippen molar-refractivity contribution in [2.45, 2.75) is 69.9 Å². The van der Waals surface area contributed by atoms with Gasteiger partial charge >= 0.3 is 10.2 Å². The van der Waals surface area contributed by atoms with Crippen LogP contribution in [-0.4, -0.2) is 70.2 Å². The molecule has 2 N–H and O–H groups in total. The van der Waals surface area contributed by atoms with E-state index in [1.54, 1.807) is 19.2 Å². The number of hydrogen-bond donors (Lipinski definition) is 2. The molecule has 2 aliphatic heterocycles. The molecule has 0 radical (unpaired) electrons. The van der Waals surface area contributed by atoms with Crippen LogP contribution in [0, 0.1) is 5.92 Å². The van der Waals surface area contributed by atoms with Crippen molar-refractivity contribution in [2.75, 3.05) is 34.4 Å². The molecule has 1 unspecified atom stereocenters. The number of hydrogen-bond acceptors (Lipinski definition) is 6. The Balaban J connectivity index is 1.53. The van der Waals surface area contributed by atoms with Gasteiger partial charge in [0.1, 0.15) is 5.75 Å². The lowest BCUT2D eigenvalue weighted by atomic mass is 9.81. The van der Waals surface area contributed by atoms with E-state index in [9.17, 15) is 18.0 Å². The van der Waals surface area contributed by atoms with E-state index in [4.69, 9.17) is 9.47 Å². The Morgan fingerprint density at radius 3 is 2.48 bits per heavy atom. The van der Waals surface area contributed by atoms with Gasteiger partial charge in [0.2, 0.25) is 5.91 Å². The number of ether oxygens (including phenoxy) is 2. The van der Waals surface area contributed by atoms with Crippen molar-refractivity contribution in [2.24, 2.45) is 5.92 Å². The normalized spacial score (nSPS) is 19.6. The van der Waals surface area contributed by atoms with Crippen molar-refractivity contribution >= 4 is 32.9 Å². The van der Waals surface area contributed by atoms with Crippen molar-refractivity contribution in [1.29, 1.82) is 0 Å². The van der Waals surface area contributed by atoms with E-state index in [1.807, 2.05) is 24.1 Å². The van der Waals surface area contributed by atoms with Gasteiger partial charge in [-0.2, -0.15) is 8.42 Å². The Hall–Kier alpha value is -3.41. The van der Waals surface area contributed by atoms with Crippen LogP contribution in [0.15, 0.2) is 36.4 Å². The minimum Gasteiger partial charge on any atom is -0.497 e. The summed E-state index contributed by atoms with van der Waals surface area (Å²) >= 11 is 0. The summed E-state index contributed by atoms with van der Waals surface area (Å²) in [5.74, 6) is 0.504. The van der Waals surface area contributed by atoms with Crippen LogP contribution in [0.25, 0.3) is 22.2 Å². The second kappa shape index (κ2) is 12.5. The zero-order chi connectivity index (χ0) is 31.0. The highest BCUT2D eigenvalue weighted by molar-refractivity contribution is 7.88. The minimum absolute atomic E-state index is 0.0649. The SMILES string of the molecule is CNS(=O)(=O)NC(=O)c1ccc2c(C3CCCCC3)c3n(c2c1)CC(N(C)C(=O)C1CCOCC1)Cc1cc(OC)ccc1-3. The van der Waals surface area contributed by atoms with Crippen LogP contribution in [-0.2, 0) is 32.7 Å². The van der Waals surface area contributed by atoms with Crippen molar-refractivity contribution in [3.63, 3.8) is 0 Å². The molecule has 3 aliphatic rings. The molecule has 1 saturated carbocycles. The summed E-state index contributed by atoms with van der Waals surface area (Å²) in [4.78, 5) is 28.8. The van der Waals surface area contributed by atoms with Gasteiger partial charge in [0, 0.05) is 61.8 Å². The molecule has 2 fully saturated rings. The molecule has 1 saturated heterocycles. The van der Waals surface area contributed by atoms with Crippen LogP contribution in [0.1, 0.15) is 72.3 Å². The average molecular weight is 623 g/mol. The van der Waals surface area contributed by atoms with E-state index in [0.29, 0.717) is 32.1 Å². The first kappa shape index (κ1) is 30.6. The van der Waals surface area contributed by atoms with E-state index >= 15 is 0 Å². The number of carbonyl (C=O) groups is 2. The molecule has 3 heterocycles. The van der Waals surface area contributed by atoms with E-state index in [1.165, 1.54) is 31.9 Å². The third-order valence-electron chi connectivity index (χ3n) is 9.76. The predicted molar refractivity (Wildman–Crippen MR) is 169 cm³/mol. The van der Waals surface area contributed by atoms with E-state index in [-0.39, 0.29) is 23.4 Å². The molecule has 0 bridgehead atoms. The second-order valence-electron chi connectivity index (χ2n) is 12.3. The van der Waals surface area contributed by atoms with E-state index < -0.39 is 16.1 Å². The van der Waals surface area contributed by atoms with Gasteiger partial charge < -0.3 is 18.9 Å². The Labute approximate surface area is 259 Å². The smallest absolute Gasteiger partial charge is 0.301 e. The lowest BCUT2D eigenvalue weighted by molar-refractivity contribution is -0.139. The Morgan fingerprint density at radius 2 is 1.77 bits per heavy atom. The number of likely N-dealkylation sites (N-methyl/N-ethyl adjacent to an activating group) is 1. The van der Waals surface area contributed by atoms with Gasteiger partial charge in [-0.1, -0.05) is 25.3 Å². The maximum absolute atomic E-state index is 13.8. The number of methoxy groups -OCH3 is 1. The van der Waals surface area contributed by atoms with Crippen molar-refractivity contribution in [3.8, 4) is 17.0 Å². The van der Waals surface area contributed by atoms with Gasteiger partial charge in [-0.05, 0) is 79.5 Å². The van der Waals surface area contributed by atoms with Gasteiger partial charge in [-0.25, -0.2) is 9.44 Å². The number of nitrogens with zero attached hydrogens (tertiary/aromatic N) is 2. The standard InChI is InChI=1S/C33H42N4O6S/c1-34-44(40,41)35-32(38)23-9-11-28-29(19-23)37-20-25(36(2)33(39)22-13-15-43-16-14-22)17-24-18-26(42-3)10-12-27(24)31(37)30(28)21-7-5-4-6-8-21/h9-12,18-19,21-22,25,34H,4-8,13-17,20H2,1-3H3,(H,35,38). The van der Waals surface area contributed by atoms with Crippen molar-refractivity contribution in [1.82, 2.24) is 18.9 Å². The van der Waals surface area contributed by atoms with Gasteiger partial charge in [0.05, 0.1) is 18.8 Å². The monoisotopic (exact) mass is 622 g/mol. The third kappa shape index (κ3) is 5.84. The maximum Gasteiger partial charge on any atom is 0.301 e. The summed E-state index contributed by atoms with van der Waals surface area (Å²) in [6.07, 6.45) is 7.84. The van der Waals surface area contributed by atoms with Gasteiger partial charge in [0.25, 0.3) is 5.91 Å². The van der Waals surface area contributed by atoms with Crippen LogP contribution in [0.2, 0.25) is 0 Å². The molecule has 236 valence electrons. The number of amides is 2. The number of carbonyl (C=O) groups excluding carboxylic acids is 2. The highest BCUT2D eigenvalue weighted by Crippen LogP contribution is 2.47. The van der Waals surface area contributed by atoms with Crippen LogP contribution in [0.4, 0.5) is 0 Å². The fraction of sp³-hybridized carbons (Fsp3) is 0.515. The molecular formula is C33H42N4O6S. The first-order chi connectivity index (χ1) is 21.2. The van der Waals surface area contributed by atoms with Crippen LogP contribution < -0.4 is 14.2 Å². The zero-order valence-corrected chi connectivity index (χ0v) is 26.5. The Bertz CT molecular complexity index is 1670. The lowest BCUT2D eigenvalue weighted by Gasteiger charge is -2.32. The molecule has 1 aliphatic carbocycles. The molecule has 2 amide bonds. The Kier molecular flexibility index (Phi) is 8.72. The largest absolute Gasteiger partial charge is 0.497 e. The van der Waals surface area contributed by atoms with E-state index in [0.717, 1.165) is 59.2 Å². The molecule has 3 aromatic rings. The summed E-state index contributed by atoms with van der Waals surface area (Å²) in [6.45, 7) is 1.74. The highest BCUT2D eigenvalue weighted by atomic mass is 32.2. The number of benzene rings is 2. The fourth-order valence-electron chi connectivity index (χ4n) is 7.33. The lowest BCUT2D eigenvalue weighted by Crippen LogP contribution is -2.44. The summed E-state index contributed by atoms with van der Waals surface area (Å²) in [6, 6.07) is 11.5. The quantitative estimate of drug-likeness (QED) is 0.404. The second-order valence-corrected chi connectivity index (χ2v) is 13.9. The summed E-state index contributed by atoms with van der Waals surface area (Å²) in [5.41, 5.74) is 5.77. The topological polar surface area (TPSA) is 119 Å². The number of fused-ring (bicyclic) bond motifs is 5. The first-order valence-corrected chi connectivity index (χ1v) is 17.1. The van der Waals surface area contributed by atoms with E-state index in [2.05, 4.69) is 26.1 Å². The molecule has 1 aromatic heterocycles. The first-order valence-electron chi connectivity index (χ1n) is 15.6. The average Bonchev–Trinajstić information content (AvgIpc) is 3.26. The Morgan fingerprint density at radius 1 is 1.02 bits per heavy atom. The van der Waals surface area contributed by atoms with Crippen LogP contribution in [0.3, 0.4) is 0 Å². The van der Waals surface area contributed by atoms with Crippen molar-refractivity contribution in [3.05, 3.63) is 53.1 Å². The molecule has 0 spiro atoms. The minimum atomic E-state index is -3.96. The summed E-state index contributed by atoms with van der Waals surface area (Å²) in [7, 11) is 0.867. The van der Waals surface area contributed by atoms with Gasteiger partial charge in [0.15, 0.2) is 0 Å². The van der Waals surface area contributed by atoms with Crippen LogP contribution >= 0.6 is 0 Å². The van der Waals surface area contributed by atoms with Crippen LogP contribution in [0.5, 0.6) is 5.75 Å². The third-order valence-corrected chi connectivity index (χ3v) is 10.7. The summed E-state index contributed by atoms with van der Waals surface area (Å²) in [5, 5.41) is 1.07. The molecule has 2 aromatic carbocycles. The van der Waals surface area contributed by atoms with Gasteiger partial charge in [-0.15, -0.1) is 0 Å². The maximum atomic E-state index is 13.8. The molecule has 1 atom stereocenters. The number of rotatable bonds is 7. The molecular weight excluding hydrogens is 580 g/mol. The zero-order valence-electron chi connectivity index (χ0n) is 25.7. The number of nitrogens with one attached hydrogen (secondary N) is 2. The fourth-order valence-corrected chi connectivity index (χ4v) is 7.80. The highest BCUT2D eigenvalue weighted by Gasteiger charge is 2.35. The predicted octanol–water partition coefficient (Wildman–Crippen LogP) is 4.37. The molecule has 11 heteroatoms. The van der Waals surface area contributed by atoms with Crippen molar-refractivity contribution < 1.29 is 27.5 Å². The van der Waals surface area contributed by atoms with Gasteiger partial charge in [-0.3, -0.25) is 9.59 Å². The number of aromatic nitrogens is 1. The molecule has 6 rings (SSSR count). The summed E-state index contributed by atoms with van der Waals surface area (Å²) < 4.78 is 41.9.